The Morgan fingerprint density at radius 1 is 1.17 bits per heavy atom. The van der Waals surface area contributed by atoms with Gasteiger partial charge in [-0.15, -0.1) is 0 Å². The van der Waals surface area contributed by atoms with E-state index in [1.54, 1.807) is 31.4 Å². The zero-order valence-corrected chi connectivity index (χ0v) is 18.5. The molecule has 7 heteroatoms. The number of sulfone groups is 1. The number of hydrogen-bond donors (Lipinski definition) is 0. The molecule has 0 saturated carbocycles. The molecule has 2 aromatic carbocycles. The molecule has 0 amide bonds. The molecule has 1 fully saturated rings. The van der Waals surface area contributed by atoms with Crippen molar-refractivity contribution in [1.82, 2.24) is 4.90 Å². The van der Waals surface area contributed by atoms with Crippen molar-refractivity contribution in [1.29, 1.82) is 0 Å². The van der Waals surface area contributed by atoms with Gasteiger partial charge in [-0.3, -0.25) is 0 Å². The van der Waals surface area contributed by atoms with E-state index in [0.29, 0.717) is 17.3 Å². The lowest BCUT2D eigenvalue weighted by Crippen LogP contribution is -2.46. The molecule has 1 saturated heterocycles. The van der Waals surface area contributed by atoms with Crippen molar-refractivity contribution < 1.29 is 17.9 Å². The van der Waals surface area contributed by atoms with Crippen LogP contribution in [-0.2, 0) is 21.0 Å². The Hall–Kier alpha value is -1.60. The molecule has 0 N–H and O–H groups in total. The van der Waals surface area contributed by atoms with Gasteiger partial charge in [0.1, 0.15) is 5.75 Å². The fraction of sp³-hybridized carbons (Fsp3) is 0.455. The van der Waals surface area contributed by atoms with Crippen LogP contribution in [0.2, 0.25) is 5.02 Å². The van der Waals surface area contributed by atoms with Gasteiger partial charge in [0, 0.05) is 43.9 Å². The van der Waals surface area contributed by atoms with E-state index in [9.17, 15) is 8.42 Å². The lowest BCUT2D eigenvalue weighted by atomic mass is 9.95. The van der Waals surface area contributed by atoms with E-state index < -0.39 is 9.84 Å². The fourth-order valence-corrected chi connectivity index (χ4v) is 4.57. The predicted molar refractivity (Wildman–Crippen MR) is 116 cm³/mol. The fourth-order valence-electron chi connectivity index (χ4n) is 3.73. The number of piperidine rings is 1. The molecule has 5 nitrogen and oxygen atoms in total. The van der Waals surface area contributed by atoms with Crippen molar-refractivity contribution in [3.05, 3.63) is 59.1 Å². The average Bonchev–Trinajstić information content (AvgIpc) is 2.70. The predicted octanol–water partition coefficient (Wildman–Crippen LogP) is 3.70. The Morgan fingerprint density at radius 3 is 2.59 bits per heavy atom. The summed E-state index contributed by atoms with van der Waals surface area (Å²) in [5.74, 6) is 0.922. The van der Waals surface area contributed by atoms with Gasteiger partial charge in [0.2, 0.25) is 0 Å². The maximum absolute atomic E-state index is 11.6. The molecule has 0 aromatic heterocycles. The molecule has 1 aliphatic rings. The van der Waals surface area contributed by atoms with E-state index in [0.717, 1.165) is 37.5 Å². The van der Waals surface area contributed by atoms with Crippen LogP contribution >= 0.6 is 11.6 Å². The van der Waals surface area contributed by atoms with E-state index in [1.807, 2.05) is 18.2 Å². The summed E-state index contributed by atoms with van der Waals surface area (Å²) in [6.45, 7) is 3.40. The topological polar surface area (TPSA) is 55.8 Å². The molecule has 0 aliphatic carbocycles. The highest BCUT2D eigenvalue weighted by molar-refractivity contribution is 7.90. The van der Waals surface area contributed by atoms with Gasteiger partial charge >= 0.3 is 0 Å². The zero-order valence-electron chi connectivity index (χ0n) is 16.9. The first-order valence-corrected chi connectivity index (χ1v) is 12.0. The normalized spacial score (nSPS) is 20.5. The molecular weight excluding hydrogens is 410 g/mol. The van der Waals surface area contributed by atoms with Crippen LogP contribution in [0, 0.1) is 5.92 Å². The number of hydrogen-bond acceptors (Lipinski definition) is 5. The van der Waals surface area contributed by atoms with Crippen molar-refractivity contribution in [2.45, 2.75) is 23.8 Å². The summed E-state index contributed by atoms with van der Waals surface area (Å²) in [5, 5.41) is 0.772. The van der Waals surface area contributed by atoms with Gasteiger partial charge in [-0.25, -0.2) is 8.42 Å². The Labute approximate surface area is 178 Å². The van der Waals surface area contributed by atoms with Gasteiger partial charge < -0.3 is 14.4 Å². The van der Waals surface area contributed by atoms with Crippen LogP contribution in [0.1, 0.15) is 12.0 Å². The van der Waals surface area contributed by atoms with Crippen LogP contribution in [-0.4, -0.2) is 59.0 Å². The molecule has 2 atom stereocenters. The number of ether oxygens (including phenoxy) is 2. The third-order valence-electron chi connectivity index (χ3n) is 5.37. The second-order valence-electron chi connectivity index (χ2n) is 7.56. The minimum absolute atomic E-state index is 0.160. The maximum atomic E-state index is 11.6. The molecule has 0 bridgehead atoms. The molecule has 29 heavy (non-hydrogen) atoms. The van der Waals surface area contributed by atoms with Crippen molar-refractivity contribution in [3.63, 3.8) is 0 Å². The Kier molecular flexibility index (Phi) is 7.57. The minimum Gasteiger partial charge on any atom is -0.493 e. The Morgan fingerprint density at radius 2 is 1.93 bits per heavy atom. The van der Waals surface area contributed by atoms with Crippen molar-refractivity contribution >= 4 is 21.4 Å². The number of halogens is 1. The third-order valence-corrected chi connectivity index (χ3v) is 6.74. The molecule has 0 spiro atoms. The summed E-state index contributed by atoms with van der Waals surface area (Å²) in [4.78, 5) is 2.74. The number of rotatable bonds is 8. The van der Waals surface area contributed by atoms with Gasteiger partial charge in [-0.1, -0.05) is 23.7 Å². The number of methoxy groups -OCH3 is 1. The molecule has 0 radical (unpaired) electrons. The summed E-state index contributed by atoms with van der Waals surface area (Å²) in [5.41, 5.74) is 1.24. The van der Waals surface area contributed by atoms with Crippen molar-refractivity contribution in [3.8, 4) is 5.75 Å². The van der Waals surface area contributed by atoms with Gasteiger partial charge in [0.05, 0.1) is 17.6 Å². The van der Waals surface area contributed by atoms with Crippen LogP contribution in [0.15, 0.2) is 53.4 Å². The second kappa shape index (κ2) is 9.94. The summed E-state index contributed by atoms with van der Waals surface area (Å²) >= 11 is 6.08. The lowest BCUT2D eigenvalue weighted by molar-refractivity contribution is -0.0225. The smallest absolute Gasteiger partial charge is 0.175 e. The molecule has 158 valence electrons. The van der Waals surface area contributed by atoms with Crippen LogP contribution in [0.3, 0.4) is 0 Å². The molecule has 2 aromatic rings. The summed E-state index contributed by atoms with van der Waals surface area (Å²) in [7, 11) is -1.45. The largest absolute Gasteiger partial charge is 0.493 e. The summed E-state index contributed by atoms with van der Waals surface area (Å²) in [6.07, 6.45) is 3.28. The Balaban J connectivity index is 1.55. The average molecular weight is 438 g/mol. The highest BCUT2D eigenvalue weighted by Crippen LogP contribution is 2.23. The molecular formula is C22H28ClNO4S. The van der Waals surface area contributed by atoms with Crippen LogP contribution in [0.25, 0.3) is 0 Å². The van der Waals surface area contributed by atoms with Crippen molar-refractivity contribution in [2.24, 2.45) is 5.92 Å². The van der Waals surface area contributed by atoms with Crippen LogP contribution in [0.4, 0.5) is 0 Å². The third kappa shape index (κ3) is 6.44. The molecule has 1 heterocycles. The first-order valence-electron chi connectivity index (χ1n) is 9.77. The quantitative estimate of drug-likeness (QED) is 0.630. The van der Waals surface area contributed by atoms with E-state index >= 15 is 0 Å². The Bertz CT molecular complexity index is 901. The van der Waals surface area contributed by atoms with Gasteiger partial charge in [0.25, 0.3) is 0 Å². The number of nitrogens with zero attached hydrogens (tertiary/aromatic N) is 1. The van der Waals surface area contributed by atoms with Crippen LogP contribution in [0.5, 0.6) is 5.75 Å². The standard InChI is InChI=1S/C22H28ClNO4S/c1-27-22-11-13-24(12-10-17-4-3-5-19(23)14-17)15-18(22)16-28-20-6-8-21(9-7-20)29(2,25)26/h3-9,14,18,22H,10-13,15-16H2,1-2H3/t18-,22+/m0/s1. The SMILES string of the molecule is CO[C@@H]1CCN(CCc2cccc(Cl)c2)C[C@H]1COc1ccc(S(C)(=O)=O)cc1. The van der Waals surface area contributed by atoms with Crippen LogP contribution < -0.4 is 4.74 Å². The second-order valence-corrected chi connectivity index (χ2v) is 10.0. The first kappa shape index (κ1) is 22.1. The summed E-state index contributed by atoms with van der Waals surface area (Å²) < 4.78 is 34.8. The summed E-state index contributed by atoms with van der Waals surface area (Å²) in [6, 6.07) is 14.6. The molecule has 0 unspecified atom stereocenters. The molecule has 3 rings (SSSR count). The van der Waals surface area contributed by atoms with Gasteiger partial charge in [0.15, 0.2) is 9.84 Å². The zero-order chi connectivity index (χ0) is 20.9. The number of benzene rings is 2. The monoisotopic (exact) mass is 437 g/mol. The highest BCUT2D eigenvalue weighted by atomic mass is 35.5. The maximum Gasteiger partial charge on any atom is 0.175 e. The first-order chi connectivity index (χ1) is 13.8. The molecule has 1 aliphatic heterocycles. The van der Waals surface area contributed by atoms with E-state index in [2.05, 4.69) is 11.0 Å². The van der Waals surface area contributed by atoms with E-state index in [1.165, 1.54) is 11.8 Å². The highest BCUT2D eigenvalue weighted by Gasteiger charge is 2.29. The van der Waals surface area contributed by atoms with E-state index in [-0.39, 0.29) is 12.0 Å². The lowest BCUT2D eigenvalue weighted by Gasteiger charge is -2.37. The minimum atomic E-state index is -3.20. The van der Waals surface area contributed by atoms with Gasteiger partial charge in [-0.2, -0.15) is 0 Å². The van der Waals surface area contributed by atoms with Gasteiger partial charge in [-0.05, 0) is 54.8 Å². The van der Waals surface area contributed by atoms with E-state index in [4.69, 9.17) is 21.1 Å². The number of likely N-dealkylation sites (tertiary alicyclic amines) is 1. The van der Waals surface area contributed by atoms with Crippen molar-refractivity contribution in [2.75, 3.05) is 39.6 Å².